The van der Waals surface area contributed by atoms with Crippen LogP contribution in [0.2, 0.25) is 0 Å². The molecule has 32 heavy (non-hydrogen) atoms. The molecular weight excluding hydrogens is 400 g/mol. The maximum absolute atomic E-state index is 11.9. The van der Waals surface area contributed by atoms with Crippen molar-refractivity contribution in [2.75, 3.05) is 11.9 Å². The topological polar surface area (TPSA) is 97.9 Å². The van der Waals surface area contributed by atoms with E-state index in [-0.39, 0.29) is 6.04 Å². The number of nitrogens with two attached hydrogens (primary N) is 1. The largest absolute Gasteiger partial charge is 0.366 e. The number of benzene rings is 2. The van der Waals surface area contributed by atoms with Crippen LogP contribution in [-0.4, -0.2) is 27.0 Å². The standard InChI is InChI=1S/C25H26N6O/c1-15-13-19-18(23(26)32)9-6-10-21(19)31(15)25-29-20-11-12-27-16(2)22(20)24(30-25)28-14-17-7-4-3-5-8-17/h3-10,13,16,27H,11-12,14H2,1-2H3,(H2,26,32)(H,28,29,30). The van der Waals surface area contributed by atoms with Crippen molar-refractivity contribution in [3.8, 4) is 5.95 Å². The molecule has 0 saturated heterocycles. The molecule has 7 nitrogen and oxygen atoms in total. The molecule has 1 unspecified atom stereocenters. The lowest BCUT2D eigenvalue weighted by Crippen LogP contribution is -2.30. The molecule has 0 aliphatic carbocycles. The van der Waals surface area contributed by atoms with Crippen molar-refractivity contribution in [1.82, 2.24) is 19.9 Å². The van der Waals surface area contributed by atoms with E-state index in [2.05, 4.69) is 29.7 Å². The van der Waals surface area contributed by atoms with Crippen molar-refractivity contribution in [2.24, 2.45) is 5.73 Å². The number of amides is 1. The molecule has 5 rings (SSSR count). The Morgan fingerprint density at radius 2 is 2.00 bits per heavy atom. The van der Waals surface area contributed by atoms with Gasteiger partial charge in [0.05, 0.1) is 11.2 Å². The Labute approximate surface area is 186 Å². The molecule has 4 N–H and O–H groups in total. The monoisotopic (exact) mass is 426 g/mol. The summed E-state index contributed by atoms with van der Waals surface area (Å²) in [5.74, 6) is 0.993. The number of carbonyl (C=O) groups is 1. The second-order valence-electron chi connectivity index (χ2n) is 8.22. The van der Waals surface area contributed by atoms with Gasteiger partial charge in [0.1, 0.15) is 5.82 Å². The molecule has 7 heteroatoms. The van der Waals surface area contributed by atoms with Crippen molar-refractivity contribution < 1.29 is 4.79 Å². The Morgan fingerprint density at radius 1 is 1.19 bits per heavy atom. The number of aromatic nitrogens is 3. The molecule has 162 valence electrons. The minimum Gasteiger partial charge on any atom is -0.366 e. The van der Waals surface area contributed by atoms with Gasteiger partial charge in [0.2, 0.25) is 11.9 Å². The fraction of sp³-hybridized carbons (Fsp3) is 0.240. The van der Waals surface area contributed by atoms with Gasteiger partial charge >= 0.3 is 0 Å². The third kappa shape index (κ3) is 3.50. The van der Waals surface area contributed by atoms with Crippen LogP contribution in [0.4, 0.5) is 5.82 Å². The first kappa shape index (κ1) is 20.2. The van der Waals surface area contributed by atoms with Gasteiger partial charge in [0, 0.05) is 47.8 Å². The predicted molar refractivity (Wildman–Crippen MR) is 126 cm³/mol. The number of anilines is 1. The molecule has 0 bridgehead atoms. The maximum Gasteiger partial charge on any atom is 0.249 e. The SMILES string of the molecule is Cc1cc2c(C(N)=O)cccc2n1-c1nc2c(c(NCc3ccccc3)n1)C(C)NCC2. The Bertz CT molecular complexity index is 1310. The molecule has 3 heterocycles. The van der Waals surface area contributed by atoms with Gasteiger partial charge in [-0.05, 0) is 37.6 Å². The van der Waals surface area contributed by atoms with Gasteiger partial charge in [-0.25, -0.2) is 4.98 Å². The normalized spacial score (nSPS) is 15.5. The number of hydrogen-bond acceptors (Lipinski definition) is 5. The lowest BCUT2D eigenvalue weighted by molar-refractivity contribution is 0.100. The summed E-state index contributed by atoms with van der Waals surface area (Å²) >= 11 is 0. The van der Waals surface area contributed by atoms with Crippen molar-refractivity contribution in [2.45, 2.75) is 32.9 Å². The number of hydrogen-bond donors (Lipinski definition) is 3. The Hall–Kier alpha value is -3.71. The third-order valence-electron chi connectivity index (χ3n) is 6.06. The quantitative estimate of drug-likeness (QED) is 0.453. The van der Waals surface area contributed by atoms with Crippen LogP contribution in [0.5, 0.6) is 0 Å². The number of aryl methyl sites for hydroxylation is 1. The van der Waals surface area contributed by atoms with Crippen molar-refractivity contribution >= 4 is 22.6 Å². The minimum atomic E-state index is -0.441. The van der Waals surface area contributed by atoms with Crippen molar-refractivity contribution in [3.05, 3.63) is 82.7 Å². The van der Waals surface area contributed by atoms with Gasteiger partial charge < -0.3 is 16.4 Å². The molecule has 0 spiro atoms. The summed E-state index contributed by atoms with van der Waals surface area (Å²) in [6.45, 7) is 5.69. The van der Waals surface area contributed by atoms with E-state index in [1.54, 1.807) is 6.07 Å². The van der Waals surface area contributed by atoms with Gasteiger partial charge in [0.25, 0.3) is 0 Å². The smallest absolute Gasteiger partial charge is 0.249 e. The summed E-state index contributed by atoms with van der Waals surface area (Å²) in [5.41, 5.74) is 11.3. The van der Waals surface area contributed by atoms with E-state index in [9.17, 15) is 4.79 Å². The highest BCUT2D eigenvalue weighted by Crippen LogP contribution is 2.31. The fourth-order valence-corrected chi connectivity index (χ4v) is 4.52. The molecule has 0 saturated carbocycles. The number of nitrogens with one attached hydrogen (secondary N) is 2. The van der Waals surface area contributed by atoms with Crippen molar-refractivity contribution in [1.29, 1.82) is 0 Å². The number of fused-ring (bicyclic) bond motifs is 2. The highest BCUT2D eigenvalue weighted by atomic mass is 16.1. The number of rotatable bonds is 5. The average molecular weight is 427 g/mol. The van der Waals surface area contributed by atoms with Gasteiger partial charge in [-0.2, -0.15) is 4.98 Å². The van der Waals surface area contributed by atoms with E-state index in [0.29, 0.717) is 18.1 Å². The van der Waals surface area contributed by atoms with Crippen LogP contribution < -0.4 is 16.4 Å². The van der Waals surface area contributed by atoms with Crippen LogP contribution in [0.15, 0.2) is 54.6 Å². The summed E-state index contributed by atoms with van der Waals surface area (Å²) in [5, 5.41) is 7.87. The zero-order valence-corrected chi connectivity index (χ0v) is 18.2. The van der Waals surface area contributed by atoms with Crippen LogP contribution in [0.3, 0.4) is 0 Å². The number of nitrogens with zero attached hydrogens (tertiary/aromatic N) is 3. The zero-order chi connectivity index (χ0) is 22.2. The number of primary amides is 1. The van der Waals surface area contributed by atoms with Gasteiger partial charge in [-0.15, -0.1) is 0 Å². The molecule has 1 atom stereocenters. The van der Waals surface area contributed by atoms with Gasteiger partial charge in [-0.3, -0.25) is 9.36 Å². The summed E-state index contributed by atoms with van der Waals surface area (Å²) < 4.78 is 2.00. The van der Waals surface area contributed by atoms with E-state index in [1.165, 1.54) is 5.56 Å². The molecule has 1 aliphatic rings. The highest BCUT2D eigenvalue weighted by Gasteiger charge is 2.25. The van der Waals surface area contributed by atoms with E-state index in [1.807, 2.05) is 47.9 Å². The van der Waals surface area contributed by atoms with E-state index in [4.69, 9.17) is 15.7 Å². The van der Waals surface area contributed by atoms with E-state index < -0.39 is 5.91 Å². The second-order valence-corrected chi connectivity index (χ2v) is 8.22. The van der Waals surface area contributed by atoms with Crippen LogP contribution in [0, 0.1) is 6.92 Å². The molecule has 1 aliphatic heterocycles. The van der Waals surface area contributed by atoms with Gasteiger partial charge in [-0.1, -0.05) is 36.4 Å². The molecule has 2 aromatic heterocycles. The van der Waals surface area contributed by atoms with Crippen LogP contribution in [0.25, 0.3) is 16.9 Å². The van der Waals surface area contributed by atoms with Crippen LogP contribution >= 0.6 is 0 Å². The summed E-state index contributed by atoms with van der Waals surface area (Å²) in [7, 11) is 0. The highest BCUT2D eigenvalue weighted by molar-refractivity contribution is 6.06. The maximum atomic E-state index is 11.9. The molecular formula is C25H26N6O. The van der Waals surface area contributed by atoms with E-state index in [0.717, 1.165) is 46.6 Å². The summed E-state index contributed by atoms with van der Waals surface area (Å²) in [4.78, 5) is 21.9. The molecule has 2 aromatic carbocycles. The minimum absolute atomic E-state index is 0.162. The van der Waals surface area contributed by atoms with E-state index >= 15 is 0 Å². The van der Waals surface area contributed by atoms with Gasteiger partial charge in [0.15, 0.2) is 0 Å². The first-order valence-electron chi connectivity index (χ1n) is 10.9. The van der Waals surface area contributed by atoms with Crippen LogP contribution in [-0.2, 0) is 13.0 Å². The molecule has 0 radical (unpaired) electrons. The summed E-state index contributed by atoms with van der Waals surface area (Å²) in [6.07, 6.45) is 0.833. The van der Waals surface area contributed by atoms with Crippen molar-refractivity contribution in [3.63, 3.8) is 0 Å². The second kappa shape index (κ2) is 8.09. The predicted octanol–water partition coefficient (Wildman–Crippen LogP) is 3.65. The lowest BCUT2D eigenvalue weighted by Gasteiger charge is -2.26. The zero-order valence-electron chi connectivity index (χ0n) is 18.2. The lowest BCUT2D eigenvalue weighted by atomic mass is 10.0. The molecule has 1 amide bonds. The Kier molecular flexibility index (Phi) is 5.11. The third-order valence-corrected chi connectivity index (χ3v) is 6.06. The van der Waals surface area contributed by atoms with Crippen LogP contribution in [0.1, 0.15) is 45.8 Å². The molecule has 0 fully saturated rings. The Balaban J connectivity index is 1.65. The first-order valence-corrected chi connectivity index (χ1v) is 10.9. The summed E-state index contributed by atoms with van der Waals surface area (Å²) in [6, 6.07) is 18.0. The fourth-order valence-electron chi connectivity index (χ4n) is 4.52. The number of carbonyl (C=O) groups excluding carboxylic acids is 1. The average Bonchev–Trinajstić information content (AvgIpc) is 3.13. The first-order chi connectivity index (χ1) is 15.5. The Morgan fingerprint density at radius 3 is 2.78 bits per heavy atom. The molecule has 4 aromatic rings.